The molecule has 0 spiro atoms. The van der Waals surface area contributed by atoms with Crippen LogP contribution < -0.4 is 5.32 Å². The quantitative estimate of drug-likeness (QED) is 0.363. The van der Waals surface area contributed by atoms with Gasteiger partial charge in [-0.1, -0.05) is 61.2 Å². The highest BCUT2D eigenvalue weighted by Crippen LogP contribution is 2.41. The third kappa shape index (κ3) is 5.23. The first-order chi connectivity index (χ1) is 18.3. The van der Waals surface area contributed by atoms with Crippen LogP contribution >= 0.6 is 11.6 Å². The molecular formula is C29H38ClN3O4S. The maximum Gasteiger partial charge on any atom is 0.243 e. The van der Waals surface area contributed by atoms with Gasteiger partial charge in [0.05, 0.1) is 22.6 Å². The molecule has 2 fully saturated rings. The molecule has 1 aromatic heterocycles. The zero-order chi connectivity index (χ0) is 26.8. The number of amides is 1. The topological polar surface area (TPSA) is 99.6 Å². The fourth-order valence-corrected chi connectivity index (χ4v) is 7.52. The van der Waals surface area contributed by atoms with Crippen molar-refractivity contribution in [1.29, 1.82) is 0 Å². The van der Waals surface area contributed by atoms with E-state index in [0.29, 0.717) is 29.5 Å². The Morgan fingerprint density at radius 1 is 1.03 bits per heavy atom. The number of nitrogens with one attached hydrogen (secondary N) is 1. The molecule has 0 radical (unpaired) electrons. The first-order valence-corrected chi connectivity index (χ1v) is 14.9. The van der Waals surface area contributed by atoms with Gasteiger partial charge >= 0.3 is 0 Å². The number of aliphatic hydroxyl groups excluding tert-OH is 1. The lowest BCUT2D eigenvalue weighted by Crippen LogP contribution is -2.42. The number of halogens is 1. The standard InChI is InChI=1S/C29H32ClN3O4S.3H2/c30-23-13-11-22(12-14-23)29(17-2-1-3-18-29)28(35)32-27-8-4-7-26(31-27)21-9-15-25(16-10-21)38(36,37)33-19-5-6-24(33)20-34;;;/h4,7-16,24,34H,1-3,5-6,17-20H2,(H,31,32,35);3*1H/t24-;;;/m1.../s1. The van der Waals surface area contributed by atoms with Crippen LogP contribution in [0.15, 0.2) is 71.6 Å². The van der Waals surface area contributed by atoms with Crippen molar-refractivity contribution in [2.75, 3.05) is 18.5 Å². The molecule has 1 saturated carbocycles. The molecule has 1 saturated heterocycles. The molecule has 1 aliphatic heterocycles. The van der Waals surface area contributed by atoms with Crippen LogP contribution in [-0.4, -0.2) is 47.9 Å². The molecule has 2 aliphatic rings. The van der Waals surface area contributed by atoms with E-state index in [-0.39, 0.29) is 27.7 Å². The van der Waals surface area contributed by atoms with Crippen molar-refractivity contribution in [1.82, 2.24) is 9.29 Å². The number of aliphatic hydroxyl groups is 1. The second-order valence-corrected chi connectivity index (χ2v) is 12.5. The SMILES string of the molecule is O=C(Nc1cccc(-c2ccc(S(=O)(=O)N3CCC[C@@H]3CO)cc2)n1)C1(c2ccc(Cl)cc2)CCCCC1.[HH].[HH].[HH]. The van der Waals surface area contributed by atoms with E-state index in [2.05, 4.69) is 10.3 Å². The molecule has 206 valence electrons. The normalized spacial score (nSPS) is 19.8. The Hall–Kier alpha value is -2.78. The van der Waals surface area contributed by atoms with Gasteiger partial charge in [0, 0.05) is 27.5 Å². The van der Waals surface area contributed by atoms with Crippen LogP contribution in [0.5, 0.6) is 0 Å². The second kappa shape index (κ2) is 11.1. The Morgan fingerprint density at radius 3 is 2.42 bits per heavy atom. The zero-order valence-electron chi connectivity index (χ0n) is 21.1. The molecule has 0 unspecified atom stereocenters. The molecule has 38 heavy (non-hydrogen) atoms. The number of aromatic nitrogens is 1. The van der Waals surface area contributed by atoms with Gasteiger partial charge in [-0.25, -0.2) is 13.4 Å². The van der Waals surface area contributed by atoms with E-state index in [1.165, 1.54) is 4.31 Å². The van der Waals surface area contributed by atoms with Crippen LogP contribution in [-0.2, 0) is 20.2 Å². The largest absolute Gasteiger partial charge is 0.395 e. The van der Waals surface area contributed by atoms with E-state index < -0.39 is 15.4 Å². The molecule has 1 aliphatic carbocycles. The molecule has 2 N–H and O–H groups in total. The number of benzene rings is 2. The molecule has 3 aromatic rings. The number of hydrogen-bond acceptors (Lipinski definition) is 5. The van der Waals surface area contributed by atoms with Crippen LogP contribution in [0.3, 0.4) is 0 Å². The van der Waals surface area contributed by atoms with Gasteiger partial charge in [-0.2, -0.15) is 4.31 Å². The molecule has 1 amide bonds. The number of sulfonamides is 1. The fraction of sp³-hybridized carbons (Fsp3) is 0.379. The minimum Gasteiger partial charge on any atom is -0.395 e. The van der Waals surface area contributed by atoms with E-state index in [0.717, 1.165) is 49.7 Å². The third-order valence-electron chi connectivity index (χ3n) is 7.82. The highest BCUT2D eigenvalue weighted by molar-refractivity contribution is 7.89. The average Bonchev–Trinajstić information content (AvgIpc) is 3.44. The Balaban J connectivity index is 0.00000196. The highest BCUT2D eigenvalue weighted by atomic mass is 35.5. The molecule has 5 rings (SSSR count). The van der Waals surface area contributed by atoms with Crippen molar-refractivity contribution in [3.8, 4) is 11.3 Å². The van der Waals surface area contributed by atoms with Crippen molar-refractivity contribution in [2.45, 2.75) is 61.3 Å². The molecule has 7 nitrogen and oxygen atoms in total. The molecule has 0 bridgehead atoms. The number of hydrogen-bond donors (Lipinski definition) is 2. The maximum atomic E-state index is 13.7. The summed E-state index contributed by atoms with van der Waals surface area (Å²) in [5, 5.41) is 13.2. The highest BCUT2D eigenvalue weighted by Gasteiger charge is 2.41. The summed E-state index contributed by atoms with van der Waals surface area (Å²) in [6, 6.07) is 19.2. The number of pyridine rings is 1. The summed E-state index contributed by atoms with van der Waals surface area (Å²) in [7, 11) is -3.68. The predicted octanol–water partition coefficient (Wildman–Crippen LogP) is 6.13. The number of nitrogens with zero attached hydrogens (tertiary/aromatic N) is 2. The van der Waals surface area contributed by atoms with E-state index in [4.69, 9.17) is 11.6 Å². The summed E-state index contributed by atoms with van der Waals surface area (Å²) >= 11 is 6.11. The maximum absolute atomic E-state index is 13.7. The monoisotopic (exact) mass is 559 g/mol. The first kappa shape index (κ1) is 26.8. The number of anilines is 1. The lowest BCUT2D eigenvalue weighted by molar-refractivity contribution is -0.122. The summed E-state index contributed by atoms with van der Waals surface area (Å²) < 4.78 is 27.6. The van der Waals surface area contributed by atoms with Crippen LogP contribution in [0.25, 0.3) is 11.3 Å². The van der Waals surface area contributed by atoms with E-state index in [1.54, 1.807) is 30.3 Å². The van der Waals surface area contributed by atoms with Crippen LogP contribution in [0.4, 0.5) is 5.82 Å². The van der Waals surface area contributed by atoms with Crippen LogP contribution in [0, 0.1) is 0 Å². The van der Waals surface area contributed by atoms with Crippen LogP contribution in [0.2, 0.25) is 5.02 Å². The van der Waals surface area contributed by atoms with Crippen molar-refractivity contribution in [3.63, 3.8) is 0 Å². The Bertz CT molecular complexity index is 1400. The smallest absolute Gasteiger partial charge is 0.243 e. The minimum absolute atomic E-state index is 0. The molecular weight excluding hydrogens is 522 g/mol. The van der Waals surface area contributed by atoms with Gasteiger partial charge in [0.2, 0.25) is 15.9 Å². The lowest BCUT2D eigenvalue weighted by Gasteiger charge is -2.36. The Kier molecular flexibility index (Phi) is 7.86. The van der Waals surface area contributed by atoms with Crippen molar-refractivity contribution < 1.29 is 22.6 Å². The van der Waals surface area contributed by atoms with Gasteiger partial charge in [-0.05, 0) is 67.6 Å². The lowest BCUT2D eigenvalue weighted by atomic mass is 9.68. The average molecular weight is 560 g/mol. The predicted molar refractivity (Wildman–Crippen MR) is 155 cm³/mol. The van der Waals surface area contributed by atoms with Gasteiger partial charge in [-0.3, -0.25) is 4.79 Å². The van der Waals surface area contributed by atoms with E-state index >= 15 is 0 Å². The van der Waals surface area contributed by atoms with E-state index in [1.807, 2.05) is 36.4 Å². The van der Waals surface area contributed by atoms with Gasteiger partial charge in [0.25, 0.3) is 0 Å². The second-order valence-electron chi connectivity index (χ2n) is 10.1. The van der Waals surface area contributed by atoms with Gasteiger partial charge in [0.1, 0.15) is 5.82 Å². The van der Waals surface area contributed by atoms with Gasteiger partial charge < -0.3 is 10.4 Å². The van der Waals surface area contributed by atoms with Crippen molar-refractivity contribution >= 4 is 33.3 Å². The third-order valence-corrected chi connectivity index (χ3v) is 10.0. The summed E-state index contributed by atoms with van der Waals surface area (Å²) in [5.74, 6) is 0.376. The number of carbonyl (C=O) groups is 1. The molecule has 9 heteroatoms. The molecule has 2 aromatic carbocycles. The Morgan fingerprint density at radius 2 is 1.74 bits per heavy atom. The minimum atomic E-state index is -3.68. The number of rotatable bonds is 7. The number of carbonyl (C=O) groups excluding carboxylic acids is 1. The Labute approximate surface area is 233 Å². The fourth-order valence-electron chi connectivity index (χ4n) is 5.71. The summed E-state index contributed by atoms with van der Waals surface area (Å²) in [4.78, 5) is 18.5. The van der Waals surface area contributed by atoms with E-state index in [9.17, 15) is 18.3 Å². The summed E-state index contributed by atoms with van der Waals surface area (Å²) in [6.45, 7) is 0.231. The van der Waals surface area contributed by atoms with Gasteiger partial charge in [0.15, 0.2) is 0 Å². The summed E-state index contributed by atoms with van der Waals surface area (Å²) in [5.41, 5.74) is 1.71. The van der Waals surface area contributed by atoms with Gasteiger partial charge in [-0.15, -0.1) is 0 Å². The van der Waals surface area contributed by atoms with Crippen LogP contribution in [0.1, 0.15) is 54.8 Å². The summed E-state index contributed by atoms with van der Waals surface area (Å²) in [6.07, 6.45) is 6.01. The molecule has 1 atom stereocenters. The van der Waals surface area contributed by atoms with Crippen molar-refractivity contribution in [2.24, 2.45) is 0 Å². The molecule has 2 heterocycles. The zero-order valence-corrected chi connectivity index (χ0v) is 22.7. The van der Waals surface area contributed by atoms with Crippen molar-refractivity contribution in [3.05, 3.63) is 77.3 Å². The first-order valence-electron chi connectivity index (χ1n) is 13.1.